The van der Waals surface area contributed by atoms with E-state index in [-0.39, 0.29) is 6.04 Å². The van der Waals surface area contributed by atoms with E-state index in [0.717, 1.165) is 16.3 Å². The smallest absolute Gasteiger partial charge is 0.0953 e. The summed E-state index contributed by atoms with van der Waals surface area (Å²) in [5.74, 6) is 0. The number of hydrogen-bond acceptors (Lipinski definition) is 3. The molecule has 0 amide bonds. The second kappa shape index (κ2) is 6.00. The molecular weight excluding hydrogens is 306 g/mol. The average molecular weight is 320 g/mol. The molecule has 0 aliphatic rings. The fourth-order valence-corrected chi connectivity index (χ4v) is 3.88. The van der Waals surface area contributed by atoms with Gasteiger partial charge in [-0.3, -0.25) is 0 Å². The van der Waals surface area contributed by atoms with Crippen molar-refractivity contribution in [1.29, 1.82) is 0 Å². The van der Waals surface area contributed by atoms with E-state index in [1.54, 1.807) is 22.7 Å². The molecule has 1 nitrogen and oxygen atoms in total. The van der Waals surface area contributed by atoms with Gasteiger partial charge in [-0.15, -0.1) is 22.7 Å². The molecule has 0 spiro atoms. The monoisotopic (exact) mass is 319 g/mol. The van der Waals surface area contributed by atoms with E-state index in [4.69, 9.17) is 11.6 Å². The van der Waals surface area contributed by atoms with Crippen molar-refractivity contribution in [2.45, 2.75) is 13.0 Å². The second-order valence-corrected chi connectivity index (χ2v) is 6.94. The van der Waals surface area contributed by atoms with Crippen LogP contribution < -0.4 is 5.32 Å². The van der Waals surface area contributed by atoms with Crippen molar-refractivity contribution in [3.8, 4) is 0 Å². The van der Waals surface area contributed by atoms with Gasteiger partial charge in [0.15, 0.2) is 0 Å². The van der Waals surface area contributed by atoms with Gasteiger partial charge in [0.2, 0.25) is 0 Å². The molecule has 0 aliphatic heterocycles. The van der Waals surface area contributed by atoms with Crippen LogP contribution in [0.5, 0.6) is 0 Å². The van der Waals surface area contributed by atoms with Crippen molar-refractivity contribution in [3.05, 3.63) is 73.6 Å². The van der Waals surface area contributed by atoms with Crippen LogP contribution in [-0.2, 0) is 0 Å². The van der Waals surface area contributed by atoms with Crippen LogP contribution >= 0.6 is 34.3 Å². The van der Waals surface area contributed by atoms with Crippen molar-refractivity contribution in [2.75, 3.05) is 5.32 Å². The van der Waals surface area contributed by atoms with E-state index in [2.05, 4.69) is 46.4 Å². The standard InChI is InChI=1S/C16H14ClNS2/c1-11-6-7-12(10-13(11)17)18-16(14-4-2-8-19-14)15-5-3-9-20-15/h2-10,16,18H,1H3. The largest absolute Gasteiger partial charge is 0.373 e. The van der Waals surface area contributed by atoms with Gasteiger partial charge < -0.3 is 5.32 Å². The third-order valence-corrected chi connectivity index (χ3v) is 5.42. The predicted octanol–water partition coefficient (Wildman–Crippen LogP) is 5.97. The molecule has 0 bridgehead atoms. The van der Waals surface area contributed by atoms with Crippen LogP contribution in [0.2, 0.25) is 5.02 Å². The summed E-state index contributed by atoms with van der Waals surface area (Å²) in [7, 11) is 0. The lowest BCUT2D eigenvalue weighted by Crippen LogP contribution is -2.09. The molecular formula is C16H14ClNS2. The van der Waals surface area contributed by atoms with Gasteiger partial charge in [-0.25, -0.2) is 0 Å². The molecule has 0 atom stereocenters. The second-order valence-electron chi connectivity index (χ2n) is 4.57. The summed E-state index contributed by atoms with van der Waals surface area (Å²) in [5.41, 5.74) is 2.15. The van der Waals surface area contributed by atoms with Gasteiger partial charge in [-0.2, -0.15) is 0 Å². The number of aryl methyl sites for hydroxylation is 1. The summed E-state index contributed by atoms with van der Waals surface area (Å²) in [5, 5.41) is 8.61. The summed E-state index contributed by atoms with van der Waals surface area (Å²) >= 11 is 9.75. The highest BCUT2D eigenvalue weighted by molar-refractivity contribution is 7.11. The van der Waals surface area contributed by atoms with E-state index < -0.39 is 0 Å². The lowest BCUT2D eigenvalue weighted by Gasteiger charge is -2.18. The Morgan fingerprint density at radius 3 is 2.15 bits per heavy atom. The Morgan fingerprint density at radius 1 is 1.00 bits per heavy atom. The molecule has 0 radical (unpaired) electrons. The highest BCUT2D eigenvalue weighted by Crippen LogP contribution is 2.33. The molecule has 0 saturated carbocycles. The molecule has 4 heteroatoms. The Balaban J connectivity index is 1.92. The van der Waals surface area contributed by atoms with Gasteiger partial charge in [0.25, 0.3) is 0 Å². The van der Waals surface area contributed by atoms with Gasteiger partial charge in [-0.1, -0.05) is 29.8 Å². The van der Waals surface area contributed by atoms with Gasteiger partial charge in [0.05, 0.1) is 6.04 Å². The Bertz CT molecular complexity index is 640. The van der Waals surface area contributed by atoms with Crippen LogP contribution in [0.15, 0.2) is 53.2 Å². The molecule has 102 valence electrons. The van der Waals surface area contributed by atoms with Crippen molar-refractivity contribution in [3.63, 3.8) is 0 Å². The number of benzene rings is 1. The highest BCUT2D eigenvalue weighted by atomic mass is 35.5. The van der Waals surface area contributed by atoms with E-state index >= 15 is 0 Å². The Labute approximate surface area is 131 Å². The maximum atomic E-state index is 6.21. The fraction of sp³-hybridized carbons (Fsp3) is 0.125. The number of hydrogen-bond donors (Lipinski definition) is 1. The van der Waals surface area contributed by atoms with Crippen LogP contribution in [0.3, 0.4) is 0 Å². The molecule has 2 heterocycles. The van der Waals surface area contributed by atoms with Crippen LogP contribution in [0.25, 0.3) is 0 Å². The van der Waals surface area contributed by atoms with Crippen LogP contribution in [0.1, 0.15) is 21.4 Å². The lowest BCUT2D eigenvalue weighted by atomic mass is 10.1. The first kappa shape index (κ1) is 13.7. The Kier molecular flexibility index (Phi) is 4.10. The molecule has 0 aliphatic carbocycles. The van der Waals surface area contributed by atoms with E-state index in [0.29, 0.717) is 0 Å². The molecule has 0 fully saturated rings. The number of halogens is 1. The topological polar surface area (TPSA) is 12.0 Å². The zero-order chi connectivity index (χ0) is 13.9. The van der Waals surface area contributed by atoms with Crippen LogP contribution in [-0.4, -0.2) is 0 Å². The highest BCUT2D eigenvalue weighted by Gasteiger charge is 2.16. The molecule has 3 rings (SSSR count). The first-order valence-corrected chi connectivity index (χ1v) is 8.47. The average Bonchev–Trinajstić information content (AvgIpc) is 3.12. The van der Waals surface area contributed by atoms with E-state index in [1.165, 1.54) is 9.75 Å². The minimum absolute atomic E-state index is 0.189. The van der Waals surface area contributed by atoms with Gasteiger partial charge in [-0.05, 0) is 47.5 Å². The molecule has 1 N–H and O–H groups in total. The number of thiophene rings is 2. The SMILES string of the molecule is Cc1ccc(NC(c2cccs2)c2cccs2)cc1Cl. The first-order valence-electron chi connectivity index (χ1n) is 6.33. The number of anilines is 1. The maximum Gasteiger partial charge on any atom is 0.0953 e. The molecule has 0 saturated heterocycles. The summed E-state index contributed by atoms with van der Waals surface area (Å²) in [6, 6.07) is 14.8. The molecule has 20 heavy (non-hydrogen) atoms. The van der Waals surface area contributed by atoms with Crippen molar-refractivity contribution in [1.82, 2.24) is 0 Å². The van der Waals surface area contributed by atoms with Crippen LogP contribution in [0, 0.1) is 6.92 Å². The summed E-state index contributed by atoms with van der Waals surface area (Å²) in [6.45, 7) is 2.02. The third kappa shape index (κ3) is 2.90. The zero-order valence-corrected chi connectivity index (χ0v) is 13.4. The quantitative estimate of drug-likeness (QED) is 0.624. The van der Waals surface area contributed by atoms with Gasteiger partial charge >= 0.3 is 0 Å². The zero-order valence-electron chi connectivity index (χ0n) is 11.0. The normalized spacial score (nSPS) is 10.9. The van der Waals surface area contributed by atoms with Crippen molar-refractivity contribution < 1.29 is 0 Å². The first-order chi connectivity index (χ1) is 9.74. The fourth-order valence-electron chi connectivity index (χ4n) is 2.04. The van der Waals surface area contributed by atoms with Gasteiger partial charge in [0.1, 0.15) is 0 Å². The van der Waals surface area contributed by atoms with E-state index in [1.807, 2.05) is 19.1 Å². The third-order valence-electron chi connectivity index (χ3n) is 3.14. The van der Waals surface area contributed by atoms with Crippen molar-refractivity contribution in [2.24, 2.45) is 0 Å². The molecule has 2 aromatic heterocycles. The maximum absolute atomic E-state index is 6.21. The lowest BCUT2D eigenvalue weighted by molar-refractivity contribution is 0.993. The van der Waals surface area contributed by atoms with Crippen molar-refractivity contribution >= 4 is 40.0 Å². The number of nitrogens with one attached hydrogen (secondary N) is 1. The summed E-state index contributed by atoms with van der Waals surface area (Å²) in [4.78, 5) is 2.62. The van der Waals surface area contributed by atoms with Gasteiger partial charge in [0, 0.05) is 20.5 Å². The molecule has 0 unspecified atom stereocenters. The van der Waals surface area contributed by atoms with Crippen LogP contribution in [0.4, 0.5) is 5.69 Å². The summed E-state index contributed by atoms with van der Waals surface area (Å²) in [6.07, 6.45) is 0. The molecule has 3 aromatic rings. The minimum Gasteiger partial charge on any atom is -0.373 e. The van der Waals surface area contributed by atoms with E-state index in [9.17, 15) is 0 Å². The summed E-state index contributed by atoms with van der Waals surface area (Å²) < 4.78 is 0. The Hall–Kier alpha value is -1.29. The Morgan fingerprint density at radius 2 is 1.65 bits per heavy atom. The molecule has 1 aromatic carbocycles. The number of rotatable bonds is 4. The minimum atomic E-state index is 0.189. The predicted molar refractivity (Wildman–Crippen MR) is 90.3 cm³/mol.